The largest absolute Gasteiger partial charge is 0.504 e. The summed E-state index contributed by atoms with van der Waals surface area (Å²) in [6, 6.07) is 5.24. The van der Waals surface area contributed by atoms with Crippen molar-refractivity contribution in [2.24, 2.45) is 0 Å². The molecule has 0 aliphatic rings. The number of phenols is 1. The first kappa shape index (κ1) is 18.1. The Balaban J connectivity index is 2.39. The molecule has 1 rings (SSSR count). The van der Waals surface area contributed by atoms with Crippen molar-refractivity contribution < 1.29 is 19.4 Å². The van der Waals surface area contributed by atoms with Crippen molar-refractivity contribution in [1.29, 1.82) is 0 Å². The van der Waals surface area contributed by atoms with E-state index >= 15 is 0 Å². The van der Waals surface area contributed by atoms with Gasteiger partial charge >= 0.3 is 6.09 Å². The predicted molar refractivity (Wildman–Crippen MR) is 85.2 cm³/mol. The molecular weight excluding hydrogens is 284 g/mol. The zero-order chi connectivity index (χ0) is 16.8. The number of para-hydroxylation sites is 1. The predicted octanol–water partition coefficient (Wildman–Crippen LogP) is 2.40. The fourth-order valence-corrected chi connectivity index (χ4v) is 1.86. The summed E-state index contributed by atoms with van der Waals surface area (Å²) in [5.41, 5.74) is 0.229. The van der Waals surface area contributed by atoms with E-state index in [1.165, 1.54) is 7.11 Å². The topological polar surface area (TPSA) is 79.8 Å². The van der Waals surface area contributed by atoms with E-state index in [1.807, 2.05) is 39.8 Å². The second-order valence-electron chi connectivity index (χ2n) is 6.15. The van der Waals surface area contributed by atoms with Gasteiger partial charge in [0.2, 0.25) is 0 Å². The number of benzene rings is 1. The minimum atomic E-state index is -0.510. The van der Waals surface area contributed by atoms with Crippen molar-refractivity contribution in [2.75, 3.05) is 13.7 Å². The van der Waals surface area contributed by atoms with Crippen LogP contribution in [0.15, 0.2) is 18.2 Å². The van der Waals surface area contributed by atoms with Gasteiger partial charge in [-0.15, -0.1) is 0 Å². The van der Waals surface area contributed by atoms with Crippen LogP contribution in [0, 0.1) is 0 Å². The number of hydrogen-bond acceptors (Lipinski definition) is 5. The van der Waals surface area contributed by atoms with Crippen LogP contribution in [0.3, 0.4) is 0 Å². The van der Waals surface area contributed by atoms with Crippen LogP contribution in [0.2, 0.25) is 0 Å². The Morgan fingerprint density at radius 1 is 1.36 bits per heavy atom. The number of nitrogens with one attached hydrogen (secondary N) is 2. The molecular formula is C16H26N2O4. The number of amides is 1. The number of carbonyl (C=O) groups excluding carboxylic acids is 1. The Morgan fingerprint density at radius 2 is 2.05 bits per heavy atom. The van der Waals surface area contributed by atoms with Gasteiger partial charge in [0.1, 0.15) is 5.60 Å². The summed E-state index contributed by atoms with van der Waals surface area (Å²) >= 11 is 0. The molecule has 1 aromatic rings. The fourth-order valence-electron chi connectivity index (χ4n) is 1.86. The minimum Gasteiger partial charge on any atom is -0.504 e. The highest BCUT2D eigenvalue weighted by atomic mass is 16.6. The molecule has 0 bridgehead atoms. The van der Waals surface area contributed by atoms with E-state index < -0.39 is 11.7 Å². The molecule has 0 spiro atoms. The fraction of sp³-hybridized carbons (Fsp3) is 0.562. The number of rotatable bonds is 6. The van der Waals surface area contributed by atoms with Crippen molar-refractivity contribution >= 4 is 6.09 Å². The van der Waals surface area contributed by atoms with Crippen molar-refractivity contribution in [3.8, 4) is 11.5 Å². The second-order valence-corrected chi connectivity index (χ2v) is 6.15. The first-order valence-electron chi connectivity index (χ1n) is 7.28. The van der Waals surface area contributed by atoms with Crippen LogP contribution in [-0.4, -0.2) is 36.5 Å². The summed E-state index contributed by atoms with van der Waals surface area (Å²) in [6.45, 7) is 8.37. The van der Waals surface area contributed by atoms with Gasteiger partial charge in [0.15, 0.2) is 11.5 Å². The molecule has 0 aromatic heterocycles. The second kappa shape index (κ2) is 7.89. The molecule has 3 N–H and O–H groups in total. The van der Waals surface area contributed by atoms with Crippen molar-refractivity contribution in [1.82, 2.24) is 10.6 Å². The van der Waals surface area contributed by atoms with Crippen LogP contribution in [0.4, 0.5) is 4.79 Å². The van der Waals surface area contributed by atoms with Gasteiger partial charge in [-0.05, 0) is 33.8 Å². The molecule has 0 saturated carbocycles. The summed E-state index contributed by atoms with van der Waals surface area (Å²) in [5, 5.41) is 15.9. The molecule has 124 valence electrons. The van der Waals surface area contributed by atoms with Crippen LogP contribution in [0.1, 0.15) is 33.3 Å². The SMILES string of the molecule is COc1cccc(CNCC(C)NC(=O)OC(C)(C)C)c1O. The average Bonchev–Trinajstić information content (AvgIpc) is 2.38. The Hall–Kier alpha value is -1.95. The summed E-state index contributed by atoms with van der Waals surface area (Å²) in [7, 11) is 1.51. The van der Waals surface area contributed by atoms with Crippen LogP contribution < -0.4 is 15.4 Å². The third-order valence-electron chi connectivity index (χ3n) is 2.83. The highest BCUT2D eigenvalue weighted by Gasteiger charge is 2.17. The molecule has 6 heteroatoms. The smallest absolute Gasteiger partial charge is 0.407 e. The average molecular weight is 310 g/mol. The van der Waals surface area contributed by atoms with E-state index in [4.69, 9.17) is 9.47 Å². The van der Waals surface area contributed by atoms with Gasteiger partial charge in [-0.3, -0.25) is 0 Å². The van der Waals surface area contributed by atoms with Crippen LogP contribution >= 0.6 is 0 Å². The van der Waals surface area contributed by atoms with E-state index in [9.17, 15) is 9.90 Å². The standard InChI is InChI=1S/C16H26N2O4/c1-11(18-15(20)22-16(2,3)4)9-17-10-12-7-6-8-13(21-5)14(12)19/h6-8,11,17,19H,9-10H2,1-5H3,(H,18,20). The number of methoxy groups -OCH3 is 1. The third-order valence-corrected chi connectivity index (χ3v) is 2.83. The number of hydrogen-bond donors (Lipinski definition) is 3. The molecule has 0 fully saturated rings. The van der Waals surface area contributed by atoms with Crippen LogP contribution in [0.25, 0.3) is 0 Å². The Morgan fingerprint density at radius 3 is 2.64 bits per heavy atom. The number of ether oxygens (including phenoxy) is 2. The lowest BCUT2D eigenvalue weighted by molar-refractivity contribution is 0.0508. The highest BCUT2D eigenvalue weighted by Crippen LogP contribution is 2.28. The van der Waals surface area contributed by atoms with Crippen LogP contribution in [-0.2, 0) is 11.3 Å². The van der Waals surface area contributed by atoms with Gasteiger partial charge < -0.3 is 25.2 Å². The summed E-state index contributed by atoms with van der Waals surface area (Å²) in [6.07, 6.45) is -0.439. The van der Waals surface area contributed by atoms with Crippen molar-refractivity contribution in [2.45, 2.75) is 45.9 Å². The van der Waals surface area contributed by atoms with E-state index in [0.29, 0.717) is 18.8 Å². The van der Waals surface area contributed by atoms with E-state index in [1.54, 1.807) is 6.07 Å². The minimum absolute atomic E-state index is 0.0948. The summed E-state index contributed by atoms with van der Waals surface area (Å²) in [5.74, 6) is 0.574. The molecule has 1 atom stereocenters. The maximum atomic E-state index is 11.6. The van der Waals surface area contributed by atoms with Gasteiger partial charge in [-0.1, -0.05) is 12.1 Å². The van der Waals surface area contributed by atoms with Gasteiger partial charge in [0.25, 0.3) is 0 Å². The summed E-state index contributed by atoms with van der Waals surface area (Å²) < 4.78 is 10.2. The zero-order valence-electron chi connectivity index (χ0n) is 13.9. The Bertz CT molecular complexity index is 497. The number of aromatic hydroxyl groups is 1. The van der Waals surface area contributed by atoms with Crippen LogP contribution in [0.5, 0.6) is 11.5 Å². The number of phenolic OH excluding ortho intramolecular Hbond substituents is 1. The molecule has 1 aromatic carbocycles. The lowest BCUT2D eigenvalue weighted by Gasteiger charge is -2.22. The molecule has 1 unspecified atom stereocenters. The first-order chi connectivity index (χ1) is 10.2. The lowest BCUT2D eigenvalue weighted by atomic mass is 10.2. The van der Waals surface area contributed by atoms with Crippen molar-refractivity contribution in [3.05, 3.63) is 23.8 Å². The Kier molecular flexibility index (Phi) is 6.49. The quantitative estimate of drug-likeness (QED) is 0.752. The third kappa shape index (κ3) is 6.22. The molecule has 0 aliphatic heterocycles. The molecule has 0 saturated heterocycles. The van der Waals surface area contributed by atoms with Gasteiger partial charge in [0, 0.05) is 24.7 Å². The van der Waals surface area contributed by atoms with Gasteiger partial charge in [0.05, 0.1) is 7.11 Å². The maximum Gasteiger partial charge on any atom is 0.407 e. The number of alkyl carbamates (subject to hydrolysis) is 1. The lowest BCUT2D eigenvalue weighted by Crippen LogP contribution is -2.42. The van der Waals surface area contributed by atoms with Gasteiger partial charge in [-0.2, -0.15) is 0 Å². The molecule has 0 radical (unpaired) electrons. The summed E-state index contributed by atoms with van der Waals surface area (Å²) in [4.78, 5) is 11.6. The molecule has 22 heavy (non-hydrogen) atoms. The van der Waals surface area contributed by atoms with Gasteiger partial charge in [-0.25, -0.2) is 4.79 Å². The highest BCUT2D eigenvalue weighted by molar-refractivity contribution is 5.68. The maximum absolute atomic E-state index is 11.6. The zero-order valence-corrected chi connectivity index (χ0v) is 13.9. The first-order valence-corrected chi connectivity index (χ1v) is 7.28. The monoisotopic (exact) mass is 310 g/mol. The van der Waals surface area contributed by atoms with Crippen molar-refractivity contribution in [3.63, 3.8) is 0 Å². The molecule has 1 amide bonds. The Labute approximate surface area is 131 Å². The normalized spacial score (nSPS) is 12.6. The van der Waals surface area contributed by atoms with E-state index in [-0.39, 0.29) is 11.8 Å². The number of carbonyl (C=O) groups is 1. The molecule has 6 nitrogen and oxygen atoms in total. The molecule has 0 aliphatic carbocycles. The molecule has 0 heterocycles. The van der Waals surface area contributed by atoms with E-state index in [0.717, 1.165) is 5.56 Å². The van der Waals surface area contributed by atoms with E-state index in [2.05, 4.69) is 10.6 Å².